The lowest BCUT2D eigenvalue weighted by molar-refractivity contribution is -0.132. The Morgan fingerprint density at radius 1 is 1.31 bits per heavy atom. The third-order valence-corrected chi connectivity index (χ3v) is 3.57. The number of nitrogens with two attached hydrogens (primary N) is 1. The van der Waals surface area contributed by atoms with Crippen LogP contribution in [0.25, 0.3) is 0 Å². The van der Waals surface area contributed by atoms with Crippen molar-refractivity contribution in [2.24, 2.45) is 11.1 Å². The van der Waals surface area contributed by atoms with Gasteiger partial charge in [0.1, 0.15) is 11.6 Å². The zero-order chi connectivity index (χ0) is 11.6. The first-order valence-electron chi connectivity index (χ1n) is 5.64. The lowest BCUT2D eigenvalue weighted by Gasteiger charge is -2.39. The summed E-state index contributed by atoms with van der Waals surface area (Å²) in [6.45, 7) is 0.438. The molecule has 2 nitrogen and oxygen atoms in total. The second-order valence-corrected chi connectivity index (χ2v) is 4.56. The van der Waals surface area contributed by atoms with E-state index in [-0.39, 0.29) is 17.0 Å². The average Bonchev–Trinajstić information content (AvgIpc) is 2.21. The number of rotatable bonds is 4. The Bertz CT molecular complexity index is 376. The number of hydrogen-bond donors (Lipinski definition) is 1. The number of carbonyl (C=O) groups excluding carboxylic acids is 1. The lowest BCUT2D eigenvalue weighted by Crippen LogP contribution is -2.45. The summed E-state index contributed by atoms with van der Waals surface area (Å²) in [5.74, 6) is -0.0683. The number of ketones is 1. The molecule has 0 spiro atoms. The van der Waals surface area contributed by atoms with Crippen LogP contribution in [0, 0.1) is 11.2 Å². The van der Waals surface area contributed by atoms with E-state index >= 15 is 0 Å². The molecule has 3 heteroatoms. The molecule has 1 fully saturated rings. The van der Waals surface area contributed by atoms with Gasteiger partial charge in [-0.3, -0.25) is 4.79 Å². The zero-order valence-corrected chi connectivity index (χ0v) is 9.21. The minimum Gasteiger partial charge on any atom is -0.329 e. The van der Waals surface area contributed by atoms with Crippen LogP contribution in [0.1, 0.15) is 24.8 Å². The van der Waals surface area contributed by atoms with Gasteiger partial charge >= 0.3 is 0 Å². The van der Waals surface area contributed by atoms with E-state index in [2.05, 4.69) is 0 Å². The first-order valence-corrected chi connectivity index (χ1v) is 5.64. The SMILES string of the molecule is NCC1(C(=O)Cc2ccc(F)cc2)CCC1. The van der Waals surface area contributed by atoms with Crippen LogP contribution in [0.15, 0.2) is 24.3 Å². The predicted octanol–water partition coefficient (Wildman–Crippen LogP) is 2.07. The molecule has 2 N–H and O–H groups in total. The highest BCUT2D eigenvalue weighted by molar-refractivity contribution is 5.87. The number of hydrogen-bond acceptors (Lipinski definition) is 2. The minimum atomic E-state index is -0.283. The molecule has 0 saturated heterocycles. The molecule has 86 valence electrons. The molecular weight excluding hydrogens is 205 g/mol. The van der Waals surface area contributed by atoms with Gasteiger partial charge < -0.3 is 5.73 Å². The van der Waals surface area contributed by atoms with E-state index in [0.717, 1.165) is 24.8 Å². The largest absolute Gasteiger partial charge is 0.329 e. The Morgan fingerprint density at radius 2 is 1.94 bits per heavy atom. The third-order valence-electron chi connectivity index (χ3n) is 3.57. The zero-order valence-electron chi connectivity index (χ0n) is 9.21. The molecule has 1 aromatic carbocycles. The summed E-state index contributed by atoms with van der Waals surface area (Å²) in [5.41, 5.74) is 6.25. The molecule has 0 radical (unpaired) electrons. The van der Waals surface area contributed by atoms with Crippen molar-refractivity contribution in [2.45, 2.75) is 25.7 Å². The van der Waals surface area contributed by atoms with E-state index in [1.807, 2.05) is 0 Å². The van der Waals surface area contributed by atoms with Crippen LogP contribution in [-0.4, -0.2) is 12.3 Å². The highest BCUT2D eigenvalue weighted by Crippen LogP contribution is 2.41. The molecular formula is C13H16FNO. The van der Waals surface area contributed by atoms with Crippen molar-refractivity contribution in [3.63, 3.8) is 0 Å². The molecule has 1 aliphatic rings. The summed E-state index contributed by atoms with van der Waals surface area (Å²) in [6.07, 6.45) is 3.27. The van der Waals surface area contributed by atoms with Crippen molar-refractivity contribution in [2.75, 3.05) is 6.54 Å². The highest BCUT2D eigenvalue weighted by atomic mass is 19.1. The highest BCUT2D eigenvalue weighted by Gasteiger charge is 2.41. The van der Waals surface area contributed by atoms with Crippen LogP contribution >= 0.6 is 0 Å². The molecule has 0 aromatic heterocycles. The van der Waals surface area contributed by atoms with Gasteiger partial charge in [0.25, 0.3) is 0 Å². The summed E-state index contributed by atoms with van der Waals surface area (Å²) in [4.78, 5) is 12.1. The summed E-state index contributed by atoms with van der Waals surface area (Å²) >= 11 is 0. The molecule has 0 amide bonds. The molecule has 16 heavy (non-hydrogen) atoms. The molecule has 0 bridgehead atoms. The van der Waals surface area contributed by atoms with Crippen LogP contribution < -0.4 is 5.73 Å². The van der Waals surface area contributed by atoms with E-state index in [4.69, 9.17) is 5.73 Å². The summed E-state index contributed by atoms with van der Waals surface area (Å²) in [5, 5.41) is 0. The van der Waals surface area contributed by atoms with Crippen LogP contribution in [0.5, 0.6) is 0 Å². The fourth-order valence-corrected chi connectivity index (χ4v) is 2.18. The van der Waals surface area contributed by atoms with Gasteiger partial charge in [-0.05, 0) is 30.5 Å². The second-order valence-electron chi connectivity index (χ2n) is 4.56. The Morgan fingerprint density at radius 3 is 2.38 bits per heavy atom. The van der Waals surface area contributed by atoms with Gasteiger partial charge in [-0.2, -0.15) is 0 Å². The topological polar surface area (TPSA) is 43.1 Å². The number of halogens is 1. The van der Waals surface area contributed by atoms with Crippen molar-refractivity contribution >= 4 is 5.78 Å². The maximum absolute atomic E-state index is 12.7. The van der Waals surface area contributed by atoms with Crippen LogP contribution in [0.4, 0.5) is 4.39 Å². The first-order chi connectivity index (χ1) is 7.66. The fraction of sp³-hybridized carbons (Fsp3) is 0.462. The van der Waals surface area contributed by atoms with Crippen molar-refractivity contribution in [1.29, 1.82) is 0 Å². The van der Waals surface area contributed by atoms with Crippen LogP contribution in [-0.2, 0) is 11.2 Å². The van der Waals surface area contributed by atoms with Crippen LogP contribution in [0.3, 0.4) is 0 Å². The number of benzene rings is 1. The number of Topliss-reactive ketones (excluding diaryl/α,β-unsaturated/α-hetero) is 1. The van der Waals surface area contributed by atoms with E-state index in [1.165, 1.54) is 12.1 Å². The van der Waals surface area contributed by atoms with E-state index < -0.39 is 0 Å². The minimum absolute atomic E-state index is 0.202. The van der Waals surface area contributed by atoms with E-state index in [9.17, 15) is 9.18 Å². The molecule has 2 rings (SSSR count). The Balaban J connectivity index is 2.04. The number of carbonyl (C=O) groups is 1. The molecule has 1 saturated carbocycles. The van der Waals surface area contributed by atoms with Crippen molar-refractivity contribution < 1.29 is 9.18 Å². The fourth-order valence-electron chi connectivity index (χ4n) is 2.18. The van der Waals surface area contributed by atoms with Gasteiger partial charge in [-0.15, -0.1) is 0 Å². The van der Waals surface area contributed by atoms with Gasteiger partial charge in [-0.1, -0.05) is 18.6 Å². The molecule has 1 aromatic rings. The first kappa shape index (κ1) is 11.3. The van der Waals surface area contributed by atoms with Crippen molar-refractivity contribution in [3.05, 3.63) is 35.6 Å². The second kappa shape index (κ2) is 4.34. The quantitative estimate of drug-likeness (QED) is 0.845. The average molecular weight is 221 g/mol. The van der Waals surface area contributed by atoms with Gasteiger partial charge in [0.05, 0.1) is 0 Å². The van der Waals surface area contributed by atoms with Crippen molar-refractivity contribution in [3.8, 4) is 0 Å². The van der Waals surface area contributed by atoms with E-state index in [0.29, 0.717) is 13.0 Å². The maximum Gasteiger partial charge on any atom is 0.144 e. The standard InChI is InChI=1S/C13H16FNO/c14-11-4-2-10(3-5-11)8-12(16)13(9-15)6-1-7-13/h2-5H,1,6-9,15H2. The molecule has 0 atom stereocenters. The Kier molecular flexibility index (Phi) is 3.06. The third kappa shape index (κ3) is 2.00. The molecule has 1 aliphatic carbocycles. The maximum atomic E-state index is 12.7. The smallest absolute Gasteiger partial charge is 0.144 e. The van der Waals surface area contributed by atoms with Gasteiger partial charge in [0.2, 0.25) is 0 Å². The molecule has 0 aliphatic heterocycles. The summed E-state index contributed by atoms with van der Waals surface area (Å²) in [6, 6.07) is 6.10. The molecule has 0 heterocycles. The monoisotopic (exact) mass is 221 g/mol. The van der Waals surface area contributed by atoms with Crippen molar-refractivity contribution in [1.82, 2.24) is 0 Å². The van der Waals surface area contributed by atoms with E-state index in [1.54, 1.807) is 12.1 Å². The van der Waals surface area contributed by atoms with Gasteiger partial charge in [-0.25, -0.2) is 4.39 Å². The summed E-state index contributed by atoms with van der Waals surface area (Å²) < 4.78 is 12.7. The lowest BCUT2D eigenvalue weighted by atomic mass is 9.65. The molecule has 0 unspecified atom stereocenters. The Labute approximate surface area is 94.6 Å². The van der Waals surface area contributed by atoms with Gasteiger partial charge in [0, 0.05) is 18.4 Å². The van der Waals surface area contributed by atoms with Crippen LogP contribution in [0.2, 0.25) is 0 Å². The van der Waals surface area contributed by atoms with Gasteiger partial charge in [0.15, 0.2) is 0 Å². The predicted molar refractivity (Wildman–Crippen MR) is 60.4 cm³/mol. The Hall–Kier alpha value is -1.22. The normalized spacial score (nSPS) is 17.9. The summed E-state index contributed by atoms with van der Waals surface area (Å²) in [7, 11) is 0.